The minimum atomic E-state index is -2.21. The Balaban J connectivity index is 2.61. The zero-order valence-electron chi connectivity index (χ0n) is 15.0. The van der Waals surface area contributed by atoms with E-state index in [1.165, 1.54) is 19.0 Å². The van der Waals surface area contributed by atoms with Crippen molar-refractivity contribution in [1.29, 1.82) is 0 Å². The molecule has 2 nitrogen and oxygen atoms in total. The summed E-state index contributed by atoms with van der Waals surface area (Å²) < 4.78 is 33.5. The summed E-state index contributed by atoms with van der Waals surface area (Å²) in [4.78, 5) is 5.51. The number of benzene rings is 1. The zero-order valence-corrected chi connectivity index (χ0v) is 11.7. The number of rotatable bonds is 5. The van der Waals surface area contributed by atoms with Gasteiger partial charge in [-0.05, 0) is 56.8 Å². The molecule has 1 unspecified atom stereocenters. The van der Waals surface area contributed by atoms with E-state index in [2.05, 4.69) is 4.98 Å². The molecule has 0 spiro atoms. The highest BCUT2D eigenvalue weighted by atomic mass is 35.5. The van der Waals surface area contributed by atoms with Crippen molar-refractivity contribution in [3.63, 3.8) is 0 Å². The lowest BCUT2D eigenvalue weighted by Crippen LogP contribution is -2.17. The summed E-state index contributed by atoms with van der Waals surface area (Å²) in [5.74, 6) is -0.863. The average molecular weight is 279 g/mol. The van der Waals surface area contributed by atoms with Gasteiger partial charge >= 0.3 is 0 Å². The Labute approximate surface area is 125 Å². The fraction of sp³-hybridized carbons (Fsp3) is 0.312. The van der Waals surface area contributed by atoms with E-state index in [9.17, 15) is 0 Å². The molecule has 2 rings (SSSR count). The van der Waals surface area contributed by atoms with Crippen LogP contribution in [0, 0.1) is 0 Å². The maximum Gasteiger partial charge on any atom is 0.0478 e. The molecule has 0 fully saturated rings. The molecule has 1 heterocycles. The monoisotopic (exact) mass is 278 g/mol. The lowest BCUT2D eigenvalue weighted by molar-refractivity contribution is 0.389. The van der Waals surface area contributed by atoms with Crippen LogP contribution in [0.1, 0.15) is 29.0 Å². The smallest absolute Gasteiger partial charge is 0.0478 e. The van der Waals surface area contributed by atoms with Gasteiger partial charge in [0.1, 0.15) is 0 Å². The van der Waals surface area contributed by atoms with Crippen LogP contribution in [0.5, 0.6) is 0 Å². The fourth-order valence-corrected chi connectivity index (χ4v) is 1.85. The van der Waals surface area contributed by atoms with Crippen molar-refractivity contribution in [3.8, 4) is 0 Å². The fourth-order valence-electron chi connectivity index (χ4n) is 1.72. The van der Waals surface area contributed by atoms with Crippen LogP contribution >= 0.6 is 11.6 Å². The van der Waals surface area contributed by atoms with Gasteiger partial charge in [-0.1, -0.05) is 29.8 Å². The molecule has 0 aliphatic heterocycles. The van der Waals surface area contributed by atoms with Crippen LogP contribution < -0.4 is 0 Å². The number of hydrogen-bond acceptors (Lipinski definition) is 2. The first kappa shape index (κ1) is 9.51. The van der Waals surface area contributed by atoms with Crippen molar-refractivity contribution in [2.45, 2.75) is 12.3 Å². The van der Waals surface area contributed by atoms with Gasteiger partial charge in [-0.25, -0.2) is 0 Å². The number of pyridine rings is 1. The molecule has 1 aromatic carbocycles. The first-order valence-corrected chi connectivity index (χ1v) is 6.39. The van der Waals surface area contributed by atoms with Crippen molar-refractivity contribution in [1.82, 2.24) is 9.88 Å². The number of hydrogen-bond donors (Lipinski definition) is 0. The van der Waals surface area contributed by atoms with Gasteiger partial charge in [-0.2, -0.15) is 0 Å². The van der Waals surface area contributed by atoms with E-state index in [-0.39, 0.29) is 0 Å². The first-order chi connectivity index (χ1) is 10.7. The van der Waals surface area contributed by atoms with Crippen LogP contribution in [0.25, 0.3) is 0 Å². The third-order valence-electron chi connectivity index (χ3n) is 2.62. The van der Waals surface area contributed by atoms with E-state index in [4.69, 9.17) is 17.1 Å². The van der Waals surface area contributed by atoms with E-state index in [1.807, 2.05) is 0 Å². The van der Waals surface area contributed by atoms with Gasteiger partial charge in [0, 0.05) is 28.3 Å². The van der Waals surface area contributed by atoms with Gasteiger partial charge in [-0.15, -0.1) is 0 Å². The van der Waals surface area contributed by atoms with Gasteiger partial charge in [0.25, 0.3) is 0 Å². The first-order valence-electron chi connectivity index (χ1n) is 8.01. The number of aromatic nitrogens is 1. The molecule has 0 radical (unpaired) electrons. The Morgan fingerprint density at radius 2 is 1.95 bits per heavy atom. The molecule has 1 atom stereocenters. The molecule has 0 amide bonds. The Morgan fingerprint density at radius 3 is 2.53 bits per heavy atom. The lowest BCUT2D eigenvalue weighted by atomic mass is 9.92. The van der Waals surface area contributed by atoms with Crippen LogP contribution in [-0.2, 0) is 0 Å². The van der Waals surface area contributed by atoms with Gasteiger partial charge in [0.2, 0.25) is 0 Å². The van der Waals surface area contributed by atoms with Gasteiger partial charge in [-0.3, -0.25) is 4.98 Å². The standard InChI is InChI=1S/C16H19ClN2/c1-19(2)12-10-15(16-5-3-4-11-18-16)13-6-8-14(17)9-7-13/h3-9,11,15H,10,12H2,1-2H3/i10D2,12D2. The summed E-state index contributed by atoms with van der Waals surface area (Å²) in [6.07, 6.45) is -0.627. The third kappa shape index (κ3) is 4.05. The van der Waals surface area contributed by atoms with Crippen molar-refractivity contribution in [3.05, 3.63) is 64.9 Å². The molecule has 0 N–H and O–H groups in total. The summed E-state index contributed by atoms with van der Waals surface area (Å²) in [6, 6.07) is 12.0. The summed E-state index contributed by atoms with van der Waals surface area (Å²) in [5.41, 5.74) is 1.11. The van der Waals surface area contributed by atoms with Gasteiger partial charge < -0.3 is 4.90 Å². The van der Waals surface area contributed by atoms with E-state index in [0.29, 0.717) is 16.3 Å². The highest BCUT2D eigenvalue weighted by Crippen LogP contribution is 2.27. The van der Waals surface area contributed by atoms with Crippen LogP contribution in [0.2, 0.25) is 5.02 Å². The van der Waals surface area contributed by atoms with Crippen molar-refractivity contribution in [2.24, 2.45) is 0 Å². The van der Waals surface area contributed by atoms with Crippen LogP contribution in [0.3, 0.4) is 0 Å². The number of halogens is 1. The Morgan fingerprint density at radius 1 is 1.21 bits per heavy atom. The third-order valence-corrected chi connectivity index (χ3v) is 2.87. The molecule has 19 heavy (non-hydrogen) atoms. The minimum absolute atomic E-state index is 0.477. The van der Waals surface area contributed by atoms with Crippen molar-refractivity contribution >= 4 is 11.6 Å². The second-order valence-electron chi connectivity index (χ2n) is 4.39. The maximum absolute atomic E-state index is 8.52. The van der Waals surface area contributed by atoms with Crippen LogP contribution in [0.4, 0.5) is 0 Å². The predicted molar refractivity (Wildman–Crippen MR) is 80.7 cm³/mol. The molecular formula is C16H19ClN2. The summed E-state index contributed by atoms with van der Waals surface area (Å²) in [7, 11) is 3.05. The van der Waals surface area contributed by atoms with Gasteiger partial charge in [0.05, 0.1) is 0 Å². The molecule has 0 bridgehead atoms. The van der Waals surface area contributed by atoms with Crippen molar-refractivity contribution < 1.29 is 5.48 Å². The zero-order chi connectivity index (χ0) is 17.3. The number of nitrogens with zero attached hydrogens (tertiary/aromatic N) is 2. The highest BCUT2D eigenvalue weighted by Gasteiger charge is 2.15. The molecule has 0 aliphatic carbocycles. The molecule has 0 aliphatic rings. The Hall–Kier alpha value is -1.38. The predicted octanol–water partition coefficient (Wildman–Crippen LogP) is 3.82. The highest BCUT2D eigenvalue weighted by molar-refractivity contribution is 6.30. The van der Waals surface area contributed by atoms with Crippen molar-refractivity contribution in [2.75, 3.05) is 20.6 Å². The van der Waals surface area contributed by atoms with E-state index >= 15 is 0 Å². The summed E-state index contributed by atoms with van der Waals surface area (Å²) >= 11 is 5.93. The molecule has 0 saturated heterocycles. The van der Waals surface area contributed by atoms with Gasteiger partial charge in [0.15, 0.2) is 0 Å². The SMILES string of the molecule is [2H]C([2H])(C(c1ccc(Cl)cc1)c1ccccn1)C([2H])([2H])N(C)C. The second kappa shape index (κ2) is 6.69. The molecule has 3 heteroatoms. The van der Waals surface area contributed by atoms with E-state index in [1.54, 1.807) is 48.7 Å². The Bertz CT molecular complexity index is 645. The van der Waals surface area contributed by atoms with Crippen LogP contribution in [0.15, 0.2) is 48.7 Å². The van der Waals surface area contributed by atoms with E-state index < -0.39 is 18.8 Å². The lowest BCUT2D eigenvalue weighted by Gasteiger charge is -2.19. The quantitative estimate of drug-likeness (QED) is 0.827. The molecule has 2 aromatic rings. The normalized spacial score (nSPS) is 17.3. The Kier molecular flexibility index (Phi) is 3.35. The largest absolute Gasteiger partial charge is 0.309 e. The summed E-state index contributed by atoms with van der Waals surface area (Å²) in [6.45, 7) is -2.19. The van der Waals surface area contributed by atoms with E-state index in [0.717, 1.165) is 0 Å². The second-order valence-corrected chi connectivity index (χ2v) is 4.83. The topological polar surface area (TPSA) is 16.1 Å². The maximum atomic E-state index is 8.52. The van der Waals surface area contributed by atoms with Crippen LogP contribution in [-0.4, -0.2) is 30.5 Å². The molecule has 100 valence electrons. The summed E-state index contributed by atoms with van der Waals surface area (Å²) in [5, 5.41) is 0.546. The minimum Gasteiger partial charge on any atom is -0.309 e. The molecule has 0 saturated carbocycles. The molecule has 1 aromatic heterocycles. The molecular weight excluding hydrogens is 256 g/mol. The average Bonchev–Trinajstić information content (AvgIpc) is 2.50.